The smallest absolute Gasteiger partial charge is 0.371 e. The fraction of sp³-hybridized carbons (Fsp3) is 0.250. The highest BCUT2D eigenvalue weighted by molar-refractivity contribution is 5.96. The number of methoxy groups -OCH3 is 1. The summed E-state index contributed by atoms with van der Waals surface area (Å²) in [5, 5.41) is 11.4. The van der Waals surface area contributed by atoms with Gasteiger partial charge in [0, 0.05) is 7.11 Å². The third kappa shape index (κ3) is 4.58. The Kier molecular flexibility index (Phi) is 5.76. The molecule has 2 aromatic rings. The molecular weight excluding hydrogens is 302 g/mol. The van der Waals surface area contributed by atoms with Crippen molar-refractivity contribution in [1.82, 2.24) is 5.32 Å². The summed E-state index contributed by atoms with van der Waals surface area (Å²) in [6.45, 7) is 0.833. The van der Waals surface area contributed by atoms with E-state index < -0.39 is 5.97 Å². The summed E-state index contributed by atoms with van der Waals surface area (Å²) in [4.78, 5) is 23.0. The highest BCUT2D eigenvalue weighted by Gasteiger charge is 2.14. The Morgan fingerprint density at radius 1 is 1.17 bits per heavy atom. The van der Waals surface area contributed by atoms with Gasteiger partial charge >= 0.3 is 5.97 Å². The number of ether oxygens (including phenoxy) is 2. The van der Waals surface area contributed by atoms with Crippen LogP contribution in [-0.2, 0) is 11.3 Å². The van der Waals surface area contributed by atoms with Gasteiger partial charge < -0.3 is 24.3 Å². The number of carboxylic acid groups (broad SMARTS) is 1. The van der Waals surface area contributed by atoms with Gasteiger partial charge in [0.05, 0.1) is 18.7 Å². The number of hydrogen-bond acceptors (Lipinski definition) is 5. The molecule has 0 aliphatic rings. The second kappa shape index (κ2) is 8.00. The van der Waals surface area contributed by atoms with Crippen molar-refractivity contribution in [3.8, 4) is 5.75 Å². The molecule has 0 aliphatic carbocycles. The standard InChI is InChI=1S/C16H17NO6/c1-21-8-9-22-13-5-3-2-4-12(13)15(18)17-10-11-6-7-14(23-11)16(19)20/h2-7H,8-10H2,1H3,(H,17,18)(H,19,20). The van der Waals surface area contributed by atoms with Crippen molar-refractivity contribution in [2.24, 2.45) is 0 Å². The molecule has 0 bridgehead atoms. The zero-order chi connectivity index (χ0) is 16.7. The number of carbonyl (C=O) groups is 2. The number of furan rings is 1. The van der Waals surface area contributed by atoms with Gasteiger partial charge in [0.2, 0.25) is 5.76 Å². The number of rotatable bonds is 8. The molecule has 0 atom stereocenters. The van der Waals surface area contributed by atoms with Crippen molar-refractivity contribution >= 4 is 11.9 Å². The molecule has 23 heavy (non-hydrogen) atoms. The first-order valence-corrected chi connectivity index (χ1v) is 6.92. The number of benzene rings is 1. The molecule has 0 fully saturated rings. The summed E-state index contributed by atoms with van der Waals surface area (Å²) >= 11 is 0. The molecule has 0 saturated carbocycles. The predicted octanol–water partition coefficient (Wildman–Crippen LogP) is 1.93. The molecule has 122 valence electrons. The van der Waals surface area contributed by atoms with E-state index in [9.17, 15) is 9.59 Å². The minimum absolute atomic E-state index is 0.0819. The van der Waals surface area contributed by atoms with E-state index in [-0.39, 0.29) is 18.2 Å². The van der Waals surface area contributed by atoms with Crippen LogP contribution in [0, 0.1) is 0 Å². The molecular formula is C16H17NO6. The van der Waals surface area contributed by atoms with Gasteiger partial charge in [-0.05, 0) is 24.3 Å². The Bertz CT molecular complexity index is 679. The molecule has 1 amide bonds. The van der Waals surface area contributed by atoms with Crippen molar-refractivity contribution in [2.45, 2.75) is 6.54 Å². The predicted molar refractivity (Wildman–Crippen MR) is 80.7 cm³/mol. The molecule has 0 saturated heterocycles. The fourth-order valence-electron chi connectivity index (χ4n) is 1.87. The Morgan fingerprint density at radius 3 is 2.65 bits per heavy atom. The second-order valence-electron chi connectivity index (χ2n) is 4.59. The van der Waals surface area contributed by atoms with Gasteiger partial charge in [0.15, 0.2) is 0 Å². The van der Waals surface area contributed by atoms with Crippen LogP contribution in [0.3, 0.4) is 0 Å². The maximum absolute atomic E-state index is 12.2. The van der Waals surface area contributed by atoms with E-state index in [4.69, 9.17) is 19.0 Å². The maximum Gasteiger partial charge on any atom is 0.371 e. The monoisotopic (exact) mass is 319 g/mol. The van der Waals surface area contributed by atoms with Crippen LogP contribution < -0.4 is 10.1 Å². The Hall–Kier alpha value is -2.80. The Balaban J connectivity index is 1.98. The van der Waals surface area contributed by atoms with Gasteiger partial charge in [-0.25, -0.2) is 4.79 Å². The van der Waals surface area contributed by atoms with E-state index in [0.717, 1.165) is 0 Å². The topological polar surface area (TPSA) is 98.0 Å². The number of nitrogens with one attached hydrogen (secondary N) is 1. The van der Waals surface area contributed by atoms with E-state index in [2.05, 4.69) is 5.32 Å². The lowest BCUT2D eigenvalue weighted by Gasteiger charge is -2.10. The largest absolute Gasteiger partial charge is 0.490 e. The molecule has 0 unspecified atom stereocenters. The van der Waals surface area contributed by atoms with Gasteiger partial charge in [-0.1, -0.05) is 12.1 Å². The Morgan fingerprint density at radius 2 is 1.96 bits per heavy atom. The lowest BCUT2D eigenvalue weighted by Crippen LogP contribution is -2.23. The van der Waals surface area contributed by atoms with Crippen LogP contribution in [-0.4, -0.2) is 37.3 Å². The minimum atomic E-state index is -1.15. The van der Waals surface area contributed by atoms with E-state index in [1.165, 1.54) is 12.1 Å². The van der Waals surface area contributed by atoms with E-state index in [1.54, 1.807) is 31.4 Å². The highest BCUT2D eigenvalue weighted by Crippen LogP contribution is 2.18. The van der Waals surface area contributed by atoms with Crippen molar-refractivity contribution in [1.29, 1.82) is 0 Å². The summed E-state index contributed by atoms with van der Waals surface area (Å²) < 4.78 is 15.5. The molecule has 7 heteroatoms. The highest BCUT2D eigenvalue weighted by atomic mass is 16.5. The molecule has 0 aliphatic heterocycles. The number of amides is 1. The molecule has 1 heterocycles. The summed E-state index contributed by atoms with van der Waals surface area (Å²) in [6, 6.07) is 9.68. The molecule has 0 radical (unpaired) electrons. The van der Waals surface area contributed by atoms with Crippen LogP contribution in [0.25, 0.3) is 0 Å². The number of carbonyl (C=O) groups excluding carboxylic acids is 1. The van der Waals surface area contributed by atoms with Crippen molar-refractivity contribution in [3.05, 3.63) is 53.5 Å². The van der Waals surface area contributed by atoms with E-state index >= 15 is 0 Å². The first kappa shape index (κ1) is 16.6. The number of carboxylic acids is 1. The van der Waals surface area contributed by atoms with Crippen LogP contribution >= 0.6 is 0 Å². The maximum atomic E-state index is 12.2. The molecule has 1 aromatic carbocycles. The summed E-state index contributed by atoms with van der Waals surface area (Å²) in [7, 11) is 1.57. The van der Waals surface area contributed by atoms with Crippen LogP contribution in [0.15, 0.2) is 40.8 Å². The number of hydrogen-bond donors (Lipinski definition) is 2. The van der Waals surface area contributed by atoms with Crippen LogP contribution in [0.1, 0.15) is 26.7 Å². The van der Waals surface area contributed by atoms with Gasteiger partial charge in [-0.2, -0.15) is 0 Å². The third-order valence-corrected chi connectivity index (χ3v) is 2.97. The zero-order valence-electron chi connectivity index (χ0n) is 12.6. The van der Waals surface area contributed by atoms with Crippen LogP contribution in [0.2, 0.25) is 0 Å². The van der Waals surface area contributed by atoms with E-state index in [0.29, 0.717) is 30.3 Å². The minimum Gasteiger partial charge on any atom is -0.490 e. The van der Waals surface area contributed by atoms with Crippen molar-refractivity contribution in [2.75, 3.05) is 20.3 Å². The normalized spacial score (nSPS) is 10.3. The van der Waals surface area contributed by atoms with Crippen LogP contribution in [0.5, 0.6) is 5.75 Å². The second-order valence-corrected chi connectivity index (χ2v) is 4.59. The molecule has 1 aromatic heterocycles. The lowest BCUT2D eigenvalue weighted by atomic mass is 10.2. The van der Waals surface area contributed by atoms with Crippen molar-refractivity contribution < 1.29 is 28.6 Å². The zero-order valence-corrected chi connectivity index (χ0v) is 12.6. The van der Waals surface area contributed by atoms with E-state index in [1.807, 2.05) is 0 Å². The average molecular weight is 319 g/mol. The third-order valence-electron chi connectivity index (χ3n) is 2.97. The van der Waals surface area contributed by atoms with Gasteiger partial charge in [0.25, 0.3) is 5.91 Å². The first-order chi connectivity index (χ1) is 11.1. The van der Waals surface area contributed by atoms with Gasteiger partial charge in [-0.3, -0.25) is 4.79 Å². The average Bonchev–Trinajstić information content (AvgIpc) is 3.02. The SMILES string of the molecule is COCCOc1ccccc1C(=O)NCc1ccc(C(=O)O)o1. The summed E-state index contributed by atoms with van der Waals surface area (Å²) in [5.74, 6) is -0.857. The summed E-state index contributed by atoms with van der Waals surface area (Å²) in [6.07, 6.45) is 0. The molecule has 7 nitrogen and oxygen atoms in total. The molecule has 2 rings (SSSR count). The number of aromatic carboxylic acids is 1. The fourth-order valence-corrected chi connectivity index (χ4v) is 1.87. The number of para-hydroxylation sites is 1. The molecule has 2 N–H and O–H groups in total. The summed E-state index contributed by atoms with van der Waals surface area (Å²) in [5.41, 5.74) is 0.383. The van der Waals surface area contributed by atoms with Crippen molar-refractivity contribution in [3.63, 3.8) is 0 Å². The Labute approximate surface area is 132 Å². The molecule has 0 spiro atoms. The quantitative estimate of drug-likeness (QED) is 0.722. The van der Waals surface area contributed by atoms with Gasteiger partial charge in [-0.15, -0.1) is 0 Å². The lowest BCUT2D eigenvalue weighted by molar-refractivity contribution is 0.0660. The van der Waals surface area contributed by atoms with Gasteiger partial charge in [0.1, 0.15) is 18.1 Å². The first-order valence-electron chi connectivity index (χ1n) is 6.92. The van der Waals surface area contributed by atoms with Crippen LogP contribution in [0.4, 0.5) is 0 Å².